The number of ether oxygens (including phenoxy) is 2. The zero-order valence-electron chi connectivity index (χ0n) is 20.2. The van der Waals surface area contributed by atoms with Crippen molar-refractivity contribution < 1.29 is 19.4 Å². The number of nitrogens with zero attached hydrogens (tertiary/aromatic N) is 1. The maximum absolute atomic E-state index is 11.2. The van der Waals surface area contributed by atoms with Gasteiger partial charge < -0.3 is 24.8 Å². The van der Waals surface area contributed by atoms with Gasteiger partial charge in [0.25, 0.3) is 0 Å². The van der Waals surface area contributed by atoms with Crippen molar-refractivity contribution in [3.63, 3.8) is 0 Å². The molecule has 4 rings (SSSR count). The highest BCUT2D eigenvalue weighted by Gasteiger charge is 2.33. The summed E-state index contributed by atoms with van der Waals surface area (Å²) >= 11 is 0. The first-order valence-corrected chi connectivity index (χ1v) is 12.7. The van der Waals surface area contributed by atoms with Crippen molar-refractivity contribution in [1.29, 1.82) is 0 Å². The maximum Gasteiger partial charge on any atom is 0.217 e. The molecule has 0 aromatic heterocycles. The quantitative estimate of drug-likeness (QED) is 0.623. The Morgan fingerprint density at radius 3 is 2.18 bits per heavy atom. The zero-order chi connectivity index (χ0) is 23.8. The van der Waals surface area contributed by atoms with Crippen LogP contribution >= 0.6 is 0 Å². The van der Waals surface area contributed by atoms with Gasteiger partial charge in [0.2, 0.25) is 5.91 Å². The van der Waals surface area contributed by atoms with Crippen molar-refractivity contribution in [2.45, 2.75) is 77.1 Å². The highest BCUT2D eigenvalue weighted by atomic mass is 16.7. The Labute approximate surface area is 203 Å². The van der Waals surface area contributed by atoms with Crippen LogP contribution in [0.15, 0.2) is 48.5 Å². The Bertz CT molecular complexity index is 892. The molecule has 0 aliphatic carbocycles. The van der Waals surface area contributed by atoms with Crippen LogP contribution in [0.5, 0.6) is 0 Å². The molecule has 2 aromatic rings. The molecule has 2 N–H and O–H groups in total. The third-order valence-corrected chi connectivity index (χ3v) is 6.82. The first-order valence-electron chi connectivity index (χ1n) is 12.7. The van der Waals surface area contributed by atoms with Gasteiger partial charge in [-0.05, 0) is 42.6 Å². The van der Waals surface area contributed by atoms with E-state index in [9.17, 15) is 9.90 Å². The molecule has 2 aromatic carbocycles. The molecule has 0 spiro atoms. The molecule has 0 saturated carbocycles. The molecule has 2 fully saturated rings. The van der Waals surface area contributed by atoms with Crippen molar-refractivity contribution in [1.82, 2.24) is 10.2 Å². The molecular formula is C28H38N2O4. The Morgan fingerprint density at radius 1 is 0.912 bits per heavy atom. The van der Waals surface area contributed by atoms with Gasteiger partial charge in [-0.1, -0.05) is 67.8 Å². The third-order valence-electron chi connectivity index (χ3n) is 6.82. The second kappa shape index (κ2) is 12.5. The van der Waals surface area contributed by atoms with Crippen LogP contribution in [0.3, 0.4) is 0 Å². The van der Waals surface area contributed by atoms with E-state index in [1.165, 1.54) is 39.0 Å². The third kappa shape index (κ3) is 7.12. The van der Waals surface area contributed by atoms with Gasteiger partial charge in [0.1, 0.15) is 0 Å². The summed E-state index contributed by atoms with van der Waals surface area (Å²) in [5.41, 5.74) is 4.05. The van der Waals surface area contributed by atoms with E-state index >= 15 is 0 Å². The van der Waals surface area contributed by atoms with E-state index in [0.29, 0.717) is 6.54 Å². The lowest BCUT2D eigenvalue weighted by Gasteiger charge is -2.38. The molecule has 2 aliphatic rings. The fourth-order valence-corrected chi connectivity index (χ4v) is 4.84. The predicted molar refractivity (Wildman–Crippen MR) is 132 cm³/mol. The number of nitrogens with one attached hydrogen (secondary N) is 1. The highest BCUT2D eigenvalue weighted by molar-refractivity contribution is 5.72. The van der Waals surface area contributed by atoms with Crippen LogP contribution in [0.25, 0.3) is 0 Å². The second-order valence-electron chi connectivity index (χ2n) is 9.57. The Hall–Kier alpha value is -2.25. The number of hydrogen-bond acceptors (Lipinski definition) is 5. The van der Waals surface area contributed by atoms with E-state index in [4.69, 9.17) is 9.47 Å². The number of aliphatic hydroxyl groups excluding tert-OH is 1. The summed E-state index contributed by atoms with van der Waals surface area (Å²) < 4.78 is 13.0. The van der Waals surface area contributed by atoms with Crippen LogP contribution in [-0.4, -0.2) is 41.7 Å². The molecule has 6 nitrogen and oxygen atoms in total. The number of rotatable bonds is 7. The Kier molecular flexibility index (Phi) is 9.11. The summed E-state index contributed by atoms with van der Waals surface area (Å²) in [6, 6.07) is 16.2. The summed E-state index contributed by atoms with van der Waals surface area (Å²) in [4.78, 5) is 13.8. The lowest BCUT2D eigenvalue weighted by atomic mass is 9.99. The number of hydrogen-bond donors (Lipinski definition) is 2. The SMILES string of the molecule is CC(=O)NCc1ccc([C@H]2O[C@@H](CN3CCCCCCC3)C[C@@H](c3ccc(CO)cc3)O2)cc1. The molecule has 0 radical (unpaired) electrons. The largest absolute Gasteiger partial charge is 0.392 e. The fourth-order valence-electron chi connectivity index (χ4n) is 4.84. The number of carbonyl (C=O) groups is 1. The van der Waals surface area contributed by atoms with E-state index in [-0.39, 0.29) is 24.7 Å². The average molecular weight is 467 g/mol. The molecule has 2 saturated heterocycles. The minimum atomic E-state index is -0.439. The molecule has 3 atom stereocenters. The molecule has 1 amide bonds. The van der Waals surface area contributed by atoms with Gasteiger partial charge in [-0.15, -0.1) is 0 Å². The molecule has 2 heterocycles. The molecule has 2 aliphatic heterocycles. The topological polar surface area (TPSA) is 71.0 Å². The van der Waals surface area contributed by atoms with E-state index in [2.05, 4.69) is 22.3 Å². The Balaban J connectivity index is 1.49. The summed E-state index contributed by atoms with van der Waals surface area (Å²) in [5.74, 6) is -0.0369. The first-order chi connectivity index (χ1) is 16.6. The summed E-state index contributed by atoms with van der Waals surface area (Å²) in [5, 5.41) is 12.2. The number of benzene rings is 2. The molecule has 34 heavy (non-hydrogen) atoms. The van der Waals surface area contributed by atoms with E-state index in [1.807, 2.05) is 36.4 Å². The van der Waals surface area contributed by atoms with Gasteiger partial charge in [-0.2, -0.15) is 0 Å². The average Bonchev–Trinajstić information content (AvgIpc) is 2.84. The first kappa shape index (κ1) is 24.9. The number of carbonyl (C=O) groups excluding carboxylic acids is 1. The normalized spacial score (nSPS) is 24.2. The summed E-state index contributed by atoms with van der Waals surface area (Å²) in [7, 11) is 0. The van der Waals surface area contributed by atoms with Crippen LogP contribution < -0.4 is 5.32 Å². The molecule has 0 bridgehead atoms. The van der Waals surface area contributed by atoms with Crippen LogP contribution in [0, 0.1) is 0 Å². The van der Waals surface area contributed by atoms with Gasteiger partial charge >= 0.3 is 0 Å². The van der Waals surface area contributed by atoms with Gasteiger partial charge in [0.05, 0.1) is 18.8 Å². The van der Waals surface area contributed by atoms with Gasteiger partial charge in [0.15, 0.2) is 6.29 Å². The van der Waals surface area contributed by atoms with Gasteiger partial charge in [-0.3, -0.25) is 4.79 Å². The minimum absolute atomic E-state index is 0.0369. The van der Waals surface area contributed by atoms with Crippen molar-refractivity contribution in [2.75, 3.05) is 19.6 Å². The van der Waals surface area contributed by atoms with Crippen LogP contribution in [0.2, 0.25) is 0 Å². The second-order valence-corrected chi connectivity index (χ2v) is 9.57. The summed E-state index contributed by atoms with van der Waals surface area (Å²) in [6.07, 6.45) is 6.90. The number of amides is 1. The van der Waals surface area contributed by atoms with Gasteiger partial charge in [-0.25, -0.2) is 0 Å². The van der Waals surface area contributed by atoms with Crippen LogP contribution in [0.4, 0.5) is 0 Å². The maximum atomic E-state index is 11.2. The monoisotopic (exact) mass is 466 g/mol. The smallest absolute Gasteiger partial charge is 0.217 e. The van der Waals surface area contributed by atoms with Crippen molar-refractivity contribution in [3.05, 3.63) is 70.8 Å². The lowest BCUT2D eigenvalue weighted by Crippen LogP contribution is -2.40. The minimum Gasteiger partial charge on any atom is -0.392 e. The number of likely N-dealkylation sites (tertiary alicyclic amines) is 1. The van der Waals surface area contributed by atoms with Crippen molar-refractivity contribution in [2.24, 2.45) is 0 Å². The zero-order valence-corrected chi connectivity index (χ0v) is 20.2. The van der Waals surface area contributed by atoms with E-state index < -0.39 is 6.29 Å². The summed E-state index contributed by atoms with van der Waals surface area (Å²) in [6.45, 7) is 5.28. The van der Waals surface area contributed by atoms with Crippen molar-refractivity contribution >= 4 is 5.91 Å². The van der Waals surface area contributed by atoms with Crippen LogP contribution in [-0.2, 0) is 27.4 Å². The van der Waals surface area contributed by atoms with Crippen LogP contribution in [0.1, 0.15) is 80.1 Å². The Morgan fingerprint density at radius 2 is 1.53 bits per heavy atom. The fraction of sp³-hybridized carbons (Fsp3) is 0.536. The molecule has 6 heteroatoms. The van der Waals surface area contributed by atoms with Crippen molar-refractivity contribution in [3.8, 4) is 0 Å². The predicted octanol–water partition coefficient (Wildman–Crippen LogP) is 4.63. The van der Waals surface area contributed by atoms with E-state index in [1.54, 1.807) is 0 Å². The molecule has 184 valence electrons. The standard InChI is InChI=1S/C28H38N2O4/c1-21(32)29-18-22-7-13-25(14-8-22)28-33-26(19-30-15-5-3-2-4-6-16-30)17-27(34-28)24-11-9-23(20-31)10-12-24/h7-14,26-28,31H,2-6,15-20H2,1H3,(H,29,32)/t26-,27+,28+/m1/s1. The molecular weight excluding hydrogens is 428 g/mol. The molecule has 0 unspecified atom stereocenters. The highest BCUT2D eigenvalue weighted by Crippen LogP contribution is 2.38. The lowest BCUT2D eigenvalue weighted by molar-refractivity contribution is -0.253. The number of aliphatic hydroxyl groups is 1. The van der Waals surface area contributed by atoms with Gasteiger partial charge in [0, 0.05) is 32.0 Å². The van der Waals surface area contributed by atoms with E-state index in [0.717, 1.165) is 48.3 Å².